The maximum Gasteiger partial charge on any atom is 0.573 e. The molecule has 0 bridgehead atoms. The van der Waals surface area contributed by atoms with Crippen molar-refractivity contribution in [1.82, 2.24) is 10.1 Å². The smallest absolute Gasteiger partial charge is 0.478 e. The van der Waals surface area contributed by atoms with E-state index in [4.69, 9.17) is 4.52 Å². The standard InChI is InChI=1S/C23H14F3N3O5/c24-23(25,26)33-15-9-7-13(8-10-15)20(30)28-21-18(16-5-1-2-6-17(16)22(31)32)19(29-34-21)14-4-3-11-27-12-14/h1-12H,(H,28,30)(H,31,32). The van der Waals surface area contributed by atoms with Crippen LogP contribution in [0.5, 0.6) is 5.75 Å². The molecule has 0 radical (unpaired) electrons. The Morgan fingerprint density at radius 3 is 2.38 bits per heavy atom. The van der Waals surface area contributed by atoms with E-state index < -0.39 is 24.0 Å². The van der Waals surface area contributed by atoms with Crippen LogP contribution in [-0.4, -0.2) is 33.5 Å². The number of nitrogens with one attached hydrogen (secondary N) is 1. The molecule has 0 saturated heterocycles. The number of carbonyl (C=O) groups is 2. The number of ether oxygens (including phenoxy) is 1. The molecule has 0 aliphatic rings. The monoisotopic (exact) mass is 469 g/mol. The molecule has 2 aromatic heterocycles. The van der Waals surface area contributed by atoms with E-state index in [1.165, 1.54) is 18.3 Å². The summed E-state index contributed by atoms with van der Waals surface area (Å²) in [6.45, 7) is 0. The van der Waals surface area contributed by atoms with Crippen LogP contribution >= 0.6 is 0 Å². The van der Waals surface area contributed by atoms with Gasteiger partial charge in [0.1, 0.15) is 11.4 Å². The maximum atomic E-state index is 12.8. The fourth-order valence-electron chi connectivity index (χ4n) is 3.20. The molecule has 11 heteroatoms. The van der Waals surface area contributed by atoms with Crippen LogP contribution in [0.2, 0.25) is 0 Å². The zero-order valence-electron chi connectivity index (χ0n) is 17.0. The van der Waals surface area contributed by atoms with Crippen molar-refractivity contribution in [2.45, 2.75) is 6.36 Å². The second-order valence-corrected chi connectivity index (χ2v) is 6.85. The second-order valence-electron chi connectivity index (χ2n) is 6.85. The third-order valence-electron chi connectivity index (χ3n) is 4.63. The molecule has 2 heterocycles. The summed E-state index contributed by atoms with van der Waals surface area (Å²) in [5, 5.41) is 16.1. The highest BCUT2D eigenvalue weighted by atomic mass is 19.4. The number of aromatic nitrogens is 2. The second kappa shape index (κ2) is 9.06. The van der Waals surface area contributed by atoms with Crippen molar-refractivity contribution in [1.29, 1.82) is 0 Å². The molecule has 4 aromatic rings. The number of hydrogen-bond acceptors (Lipinski definition) is 6. The summed E-state index contributed by atoms with van der Waals surface area (Å²) in [6.07, 6.45) is -1.82. The highest BCUT2D eigenvalue weighted by molar-refractivity contribution is 6.08. The molecule has 34 heavy (non-hydrogen) atoms. The lowest BCUT2D eigenvalue weighted by atomic mass is 9.97. The lowest BCUT2D eigenvalue weighted by Crippen LogP contribution is -2.17. The van der Waals surface area contributed by atoms with Crippen molar-refractivity contribution in [3.63, 3.8) is 0 Å². The molecule has 2 N–H and O–H groups in total. The highest BCUT2D eigenvalue weighted by Gasteiger charge is 2.31. The van der Waals surface area contributed by atoms with Crippen LogP contribution < -0.4 is 10.1 Å². The van der Waals surface area contributed by atoms with Gasteiger partial charge in [0.25, 0.3) is 5.91 Å². The molecule has 1 amide bonds. The van der Waals surface area contributed by atoms with Crippen molar-refractivity contribution < 1.29 is 37.1 Å². The molecule has 0 fully saturated rings. The molecule has 0 atom stereocenters. The molecule has 0 aliphatic heterocycles. The third-order valence-corrected chi connectivity index (χ3v) is 4.63. The van der Waals surface area contributed by atoms with Gasteiger partial charge in [0, 0.05) is 29.1 Å². The summed E-state index contributed by atoms with van der Waals surface area (Å²) in [6, 6.07) is 13.7. The van der Waals surface area contributed by atoms with Gasteiger partial charge in [-0.1, -0.05) is 23.4 Å². The van der Waals surface area contributed by atoms with E-state index in [0.717, 1.165) is 24.3 Å². The van der Waals surface area contributed by atoms with Gasteiger partial charge in [-0.25, -0.2) is 4.79 Å². The molecule has 0 saturated carbocycles. The number of benzene rings is 2. The van der Waals surface area contributed by atoms with Gasteiger partial charge in [0.15, 0.2) is 0 Å². The minimum Gasteiger partial charge on any atom is -0.478 e. The quantitative estimate of drug-likeness (QED) is 0.396. The topological polar surface area (TPSA) is 115 Å². The van der Waals surface area contributed by atoms with Gasteiger partial charge in [-0.3, -0.25) is 15.1 Å². The molecular weight excluding hydrogens is 455 g/mol. The van der Waals surface area contributed by atoms with Gasteiger partial charge < -0.3 is 14.4 Å². The molecule has 4 rings (SSSR count). The Bertz CT molecular complexity index is 1340. The number of nitrogens with zero attached hydrogens (tertiary/aromatic N) is 2. The van der Waals surface area contributed by atoms with Crippen LogP contribution in [0.3, 0.4) is 0 Å². The molecule has 0 spiro atoms. The van der Waals surface area contributed by atoms with Crippen LogP contribution in [0.25, 0.3) is 22.4 Å². The average Bonchev–Trinajstić information content (AvgIpc) is 3.22. The lowest BCUT2D eigenvalue weighted by molar-refractivity contribution is -0.274. The number of alkyl halides is 3. The Morgan fingerprint density at radius 2 is 1.74 bits per heavy atom. The van der Waals surface area contributed by atoms with Gasteiger partial charge in [-0.05, 0) is 42.5 Å². The van der Waals surface area contributed by atoms with Crippen molar-refractivity contribution >= 4 is 17.8 Å². The number of rotatable bonds is 6. The van der Waals surface area contributed by atoms with Crippen molar-refractivity contribution in [3.05, 3.63) is 84.2 Å². The minimum atomic E-state index is -4.86. The molecule has 2 aromatic carbocycles. The minimum absolute atomic E-state index is 0.00585. The molecule has 172 valence electrons. The van der Waals surface area contributed by atoms with Gasteiger partial charge in [-0.2, -0.15) is 0 Å². The number of pyridine rings is 1. The van der Waals surface area contributed by atoms with E-state index in [1.54, 1.807) is 30.5 Å². The zero-order valence-corrected chi connectivity index (χ0v) is 17.0. The van der Waals surface area contributed by atoms with Crippen molar-refractivity contribution in [2.24, 2.45) is 0 Å². The van der Waals surface area contributed by atoms with Gasteiger partial charge in [-0.15, -0.1) is 13.2 Å². The fraction of sp³-hybridized carbons (Fsp3) is 0.0435. The summed E-state index contributed by atoms with van der Waals surface area (Å²) in [5.74, 6) is -2.56. The van der Waals surface area contributed by atoms with Crippen molar-refractivity contribution in [2.75, 3.05) is 5.32 Å². The van der Waals surface area contributed by atoms with Gasteiger partial charge >= 0.3 is 12.3 Å². The highest BCUT2D eigenvalue weighted by Crippen LogP contribution is 2.39. The van der Waals surface area contributed by atoms with Crippen LogP contribution in [-0.2, 0) is 0 Å². The van der Waals surface area contributed by atoms with Crippen LogP contribution in [0.4, 0.5) is 19.1 Å². The van der Waals surface area contributed by atoms with E-state index in [9.17, 15) is 27.9 Å². The van der Waals surface area contributed by atoms with Gasteiger partial charge in [0.05, 0.1) is 11.1 Å². The van der Waals surface area contributed by atoms with Crippen LogP contribution in [0.1, 0.15) is 20.7 Å². The Balaban J connectivity index is 1.73. The Labute approximate surface area is 189 Å². The maximum absolute atomic E-state index is 12.8. The Morgan fingerprint density at radius 1 is 1.00 bits per heavy atom. The third kappa shape index (κ3) is 4.88. The first-order valence-electron chi connectivity index (χ1n) is 9.63. The zero-order chi connectivity index (χ0) is 24.3. The lowest BCUT2D eigenvalue weighted by Gasteiger charge is -2.10. The largest absolute Gasteiger partial charge is 0.573 e. The van der Waals surface area contributed by atoms with E-state index in [2.05, 4.69) is 20.2 Å². The van der Waals surface area contributed by atoms with E-state index in [0.29, 0.717) is 5.56 Å². The number of anilines is 1. The summed E-state index contributed by atoms with van der Waals surface area (Å²) < 4.78 is 46.2. The molecule has 8 nitrogen and oxygen atoms in total. The predicted octanol–water partition coefficient (Wildman–Crippen LogP) is 5.25. The summed E-state index contributed by atoms with van der Waals surface area (Å²) >= 11 is 0. The number of carboxylic acids is 1. The summed E-state index contributed by atoms with van der Waals surface area (Å²) in [4.78, 5) is 28.6. The number of halogens is 3. The SMILES string of the molecule is O=C(Nc1onc(-c2cccnc2)c1-c1ccccc1C(=O)O)c1ccc(OC(F)(F)F)cc1. The van der Waals surface area contributed by atoms with Crippen molar-refractivity contribution in [3.8, 4) is 28.1 Å². The Kier molecular flexibility index (Phi) is 6.00. The number of hydrogen-bond donors (Lipinski definition) is 2. The Hall–Kier alpha value is -4.67. The average molecular weight is 469 g/mol. The molecule has 0 unspecified atom stereocenters. The summed E-state index contributed by atoms with van der Waals surface area (Å²) in [7, 11) is 0. The number of amides is 1. The molecule has 0 aliphatic carbocycles. The van der Waals surface area contributed by atoms with E-state index >= 15 is 0 Å². The number of aromatic carboxylic acids is 1. The first kappa shape index (κ1) is 22.5. The first-order valence-corrected chi connectivity index (χ1v) is 9.63. The normalized spacial score (nSPS) is 11.1. The summed E-state index contributed by atoms with van der Waals surface area (Å²) in [5.41, 5.74) is 1.14. The molecular formula is C23H14F3N3O5. The van der Waals surface area contributed by atoms with E-state index in [-0.39, 0.29) is 33.8 Å². The van der Waals surface area contributed by atoms with E-state index in [1.807, 2.05) is 0 Å². The van der Waals surface area contributed by atoms with Crippen LogP contribution in [0, 0.1) is 0 Å². The predicted molar refractivity (Wildman–Crippen MR) is 113 cm³/mol. The van der Waals surface area contributed by atoms with Crippen LogP contribution in [0.15, 0.2) is 77.6 Å². The first-order chi connectivity index (χ1) is 16.2. The van der Waals surface area contributed by atoms with Gasteiger partial charge in [0.2, 0.25) is 5.88 Å². The fourth-order valence-corrected chi connectivity index (χ4v) is 3.20. The number of carbonyl (C=O) groups excluding carboxylic acids is 1. The number of carboxylic acid groups (broad SMARTS) is 1.